The van der Waals surface area contributed by atoms with Crippen LogP contribution in [-0.4, -0.2) is 19.2 Å². The lowest BCUT2D eigenvalue weighted by Crippen LogP contribution is -2.37. The fourth-order valence-electron chi connectivity index (χ4n) is 1.98. The highest BCUT2D eigenvalue weighted by molar-refractivity contribution is 5.73. The summed E-state index contributed by atoms with van der Waals surface area (Å²) in [6, 6.07) is 15.6. The van der Waals surface area contributed by atoms with E-state index in [1.54, 1.807) is 0 Å². The summed E-state index contributed by atoms with van der Waals surface area (Å²) in [4.78, 5) is 11.6. The first kappa shape index (κ1) is 15.9. The second kappa shape index (κ2) is 8.08. The molecule has 4 heteroatoms. The van der Waals surface area contributed by atoms with Crippen molar-refractivity contribution < 1.29 is 9.53 Å². The minimum Gasteiger partial charge on any atom is -0.492 e. The highest BCUT2D eigenvalue weighted by Gasteiger charge is 2.01. The minimum atomic E-state index is -0.187. The second-order valence-corrected chi connectivity index (χ2v) is 5.19. The van der Waals surface area contributed by atoms with Crippen LogP contribution >= 0.6 is 0 Å². The Bertz CT molecular complexity index is 612. The topological polar surface area (TPSA) is 50.4 Å². The van der Waals surface area contributed by atoms with E-state index in [0.717, 1.165) is 11.3 Å². The van der Waals surface area contributed by atoms with Gasteiger partial charge in [0.1, 0.15) is 12.4 Å². The molecule has 22 heavy (non-hydrogen) atoms. The standard InChI is InChI=1S/C18H22N2O2/c1-14-8-9-17(12-15(14)2)22-11-10-19-18(21)20-13-16-6-4-3-5-7-16/h3-9,12H,10-11,13H2,1-2H3,(H2,19,20,21). The molecule has 0 aliphatic rings. The number of benzene rings is 2. The van der Waals surface area contributed by atoms with Gasteiger partial charge in [-0.3, -0.25) is 0 Å². The van der Waals surface area contributed by atoms with Crippen molar-refractivity contribution in [3.63, 3.8) is 0 Å². The Hall–Kier alpha value is -2.49. The van der Waals surface area contributed by atoms with Gasteiger partial charge in [-0.2, -0.15) is 0 Å². The summed E-state index contributed by atoms with van der Waals surface area (Å²) in [7, 11) is 0. The average Bonchev–Trinajstić information content (AvgIpc) is 2.54. The highest BCUT2D eigenvalue weighted by atomic mass is 16.5. The molecule has 0 radical (unpaired) electrons. The molecule has 0 spiro atoms. The monoisotopic (exact) mass is 298 g/mol. The van der Waals surface area contributed by atoms with E-state index < -0.39 is 0 Å². The van der Waals surface area contributed by atoms with Crippen LogP contribution in [0.2, 0.25) is 0 Å². The smallest absolute Gasteiger partial charge is 0.315 e. The molecule has 116 valence electrons. The lowest BCUT2D eigenvalue weighted by molar-refractivity contribution is 0.236. The number of hydrogen-bond donors (Lipinski definition) is 2. The summed E-state index contributed by atoms with van der Waals surface area (Å²) < 4.78 is 5.61. The van der Waals surface area contributed by atoms with Crippen LogP contribution in [0, 0.1) is 13.8 Å². The average molecular weight is 298 g/mol. The van der Waals surface area contributed by atoms with Gasteiger partial charge in [-0.15, -0.1) is 0 Å². The van der Waals surface area contributed by atoms with E-state index in [1.165, 1.54) is 11.1 Å². The number of amides is 2. The summed E-state index contributed by atoms with van der Waals surface area (Å²) in [5, 5.41) is 5.58. The normalized spacial score (nSPS) is 10.1. The lowest BCUT2D eigenvalue weighted by atomic mass is 10.1. The van der Waals surface area contributed by atoms with Gasteiger partial charge in [-0.05, 0) is 42.7 Å². The molecule has 2 rings (SSSR count). The zero-order valence-electron chi connectivity index (χ0n) is 13.1. The van der Waals surface area contributed by atoms with Gasteiger partial charge in [-0.25, -0.2) is 4.79 Å². The quantitative estimate of drug-likeness (QED) is 0.805. The van der Waals surface area contributed by atoms with E-state index in [1.807, 2.05) is 48.5 Å². The van der Waals surface area contributed by atoms with Crippen molar-refractivity contribution in [2.45, 2.75) is 20.4 Å². The molecule has 0 saturated heterocycles. The molecule has 2 amide bonds. The van der Waals surface area contributed by atoms with Crippen molar-refractivity contribution in [1.29, 1.82) is 0 Å². The van der Waals surface area contributed by atoms with Crippen LogP contribution in [-0.2, 0) is 6.54 Å². The summed E-state index contributed by atoms with van der Waals surface area (Å²) >= 11 is 0. The molecule has 0 heterocycles. The van der Waals surface area contributed by atoms with Gasteiger partial charge in [0.05, 0.1) is 6.54 Å². The van der Waals surface area contributed by atoms with Gasteiger partial charge < -0.3 is 15.4 Å². The van der Waals surface area contributed by atoms with Gasteiger partial charge in [0, 0.05) is 6.54 Å². The molecule has 0 atom stereocenters. The first-order valence-electron chi connectivity index (χ1n) is 7.41. The largest absolute Gasteiger partial charge is 0.492 e. The molecule has 0 aromatic heterocycles. The summed E-state index contributed by atoms with van der Waals surface area (Å²) in [6.45, 7) is 5.55. The van der Waals surface area contributed by atoms with Crippen molar-refractivity contribution in [3.8, 4) is 5.75 Å². The zero-order valence-corrected chi connectivity index (χ0v) is 13.1. The summed E-state index contributed by atoms with van der Waals surface area (Å²) in [5.74, 6) is 0.828. The Labute approximate surface area is 131 Å². The summed E-state index contributed by atoms with van der Waals surface area (Å²) in [6.07, 6.45) is 0. The van der Waals surface area contributed by atoms with E-state index in [2.05, 4.69) is 24.5 Å². The molecule has 0 saturated carbocycles. The predicted molar refractivity (Wildman–Crippen MR) is 88.1 cm³/mol. The molecule has 0 fully saturated rings. The van der Waals surface area contributed by atoms with Gasteiger partial charge in [0.25, 0.3) is 0 Å². The molecule has 0 unspecified atom stereocenters. The Balaban J connectivity index is 1.63. The lowest BCUT2D eigenvalue weighted by Gasteiger charge is -2.10. The maximum Gasteiger partial charge on any atom is 0.315 e. The maximum absolute atomic E-state index is 11.6. The third-order valence-corrected chi connectivity index (χ3v) is 3.43. The van der Waals surface area contributed by atoms with Crippen LogP contribution in [0.25, 0.3) is 0 Å². The first-order chi connectivity index (χ1) is 10.6. The van der Waals surface area contributed by atoms with Crippen molar-refractivity contribution in [3.05, 3.63) is 65.2 Å². The van der Waals surface area contributed by atoms with Crippen molar-refractivity contribution in [2.75, 3.05) is 13.2 Å². The third kappa shape index (κ3) is 5.13. The Morgan fingerprint density at radius 3 is 2.50 bits per heavy atom. The third-order valence-electron chi connectivity index (χ3n) is 3.43. The molecule has 2 aromatic carbocycles. The van der Waals surface area contributed by atoms with E-state index in [4.69, 9.17) is 4.74 Å². The van der Waals surface area contributed by atoms with Gasteiger partial charge in [-0.1, -0.05) is 36.4 Å². The molecular weight excluding hydrogens is 276 g/mol. The number of nitrogens with one attached hydrogen (secondary N) is 2. The van der Waals surface area contributed by atoms with Crippen molar-refractivity contribution in [2.24, 2.45) is 0 Å². The second-order valence-electron chi connectivity index (χ2n) is 5.19. The highest BCUT2D eigenvalue weighted by Crippen LogP contribution is 2.15. The molecule has 2 aromatic rings. The first-order valence-corrected chi connectivity index (χ1v) is 7.41. The number of rotatable bonds is 6. The van der Waals surface area contributed by atoms with Crippen LogP contribution < -0.4 is 15.4 Å². The molecule has 2 N–H and O–H groups in total. The Morgan fingerprint density at radius 1 is 1.00 bits per heavy atom. The summed E-state index contributed by atoms with van der Waals surface area (Å²) in [5.41, 5.74) is 3.51. The fraction of sp³-hybridized carbons (Fsp3) is 0.278. The number of hydrogen-bond acceptors (Lipinski definition) is 2. The SMILES string of the molecule is Cc1ccc(OCCNC(=O)NCc2ccccc2)cc1C. The van der Waals surface area contributed by atoms with E-state index >= 15 is 0 Å². The Kier molecular flexibility index (Phi) is 5.83. The maximum atomic E-state index is 11.6. The van der Waals surface area contributed by atoms with Crippen LogP contribution in [0.15, 0.2) is 48.5 Å². The van der Waals surface area contributed by atoms with E-state index in [0.29, 0.717) is 19.7 Å². The molecule has 0 aliphatic heterocycles. The number of urea groups is 1. The Morgan fingerprint density at radius 2 is 1.77 bits per heavy atom. The minimum absolute atomic E-state index is 0.187. The van der Waals surface area contributed by atoms with Crippen LogP contribution in [0.4, 0.5) is 4.79 Å². The number of ether oxygens (including phenoxy) is 1. The molecule has 0 bridgehead atoms. The van der Waals surface area contributed by atoms with E-state index in [-0.39, 0.29) is 6.03 Å². The van der Waals surface area contributed by atoms with Gasteiger partial charge in [0.2, 0.25) is 0 Å². The molecule has 4 nitrogen and oxygen atoms in total. The number of carbonyl (C=O) groups excluding carboxylic acids is 1. The van der Waals surface area contributed by atoms with Crippen LogP contribution in [0.1, 0.15) is 16.7 Å². The number of carbonyl (C=O) groups is 1. The van der Waals surface area contributed by atoms with Gasteiger partial charge >= 0.3 is 6.03 Å². The number of aryl methyl sites for hydroxylation is 2. The molecule has 0 aliphatic carbocycles. The van der Waals surface area contributed by atoms with E-state index in [9.17, 15) is 4.79 Å². The van der Waals surface area contributed by atoms with Crippen LogP contribution in [0.5, 0.6) is 5.75 Å². The van der Waals surface area contributed by atoms with Crippen LogP contribution in [0.3, 0.4) is 0 Å². The fourth-order valence-corrected chi connectivity index (χ4v) is 1.98. The van der Waals surface area contributed by atoms with Crippen molar-refractivity contribution in [1.82, 2.24) is 10.6 Å². The zero-order chi connectivity index (χ0) is 15.8. The molecular formula is C18H22N2O2. The van der Waals surface area contributed by atoms with Gasteiger partial charge in [0.15, 0.2) is 0 Å². The predicted octanol–water partition coefficient (Wildman–Crippen LogP) is 3.18. The van der Waals surface area contributed by atoms with Crippen molar-refractivity contribution >= 4 is 6.03 Å².